The highest BCUT2D eigenvalue weighted by Crippen LogP contribution is 2.35. The number of benzene rings is 3. The quantitative estimate of drug-likeness (QED) is 0.355. The Morgan fingerprint density at radius 2 is 1.29 bits per heavy atom. The smallest absolute Gasteiger partial charge is 0.231 e. The molecule has 0 saturated heterocycles. The Bertz CT molecular complexity index is 1110. The number of nitrogens with zero attached hydrogens (tertiary/aromatic N) is 2. The Labute approximate surface area is 231 Å². The van der Waals surface area contributed by atoms with Crippen molar-refractivity contribution in [3.63, 3.8) is 0 Å². The lowest BCUT2D eigenvalue weighted by Crippen LogP contribution is -2.15. The van der Waals surface area contributed by atoms with Gasteiger partial charge in [-0.2, -0.15) is 0 Å². The second-order valence-corrected chi connectivity index (χ2v) is 10.8. The summed E-state index contributed by atoms with van der Waals surface area (Å²) in [6, 6.07) is 19.1. The molecule has 0 aromatic heterocycles. The summed E-state index contributed by atoms with van der Waals surface area (Å²) in [7, 11) is 8.39. The normalized spacial score (nSPS) is 11.4. The third kappa shape index (κ3) is 8.90. The number of fused-ring (bicyclic) bond motifs is 1. The van der Waals surface area contributed by atoms with Crippen LogP contribution >= 0.6 is 0 Å². The lowest BCUT2D eigenvalue weighted by atomic mass is 9.92. The molecule has 0 aliphatic carbocycles. The van der Waals surface area contributed by atoms with Gasteiger partial charge >= 0.3 is 0 Å². The Morgan fingerprint density at radius 3 is 1.76 bits per heavy atom. The zero-order valence-electron chi connectivity index (χ0n) is 25.5. The van der Waals surface area contributed by atoms with Crippen LogP contribution < -0.4 is 24.6 Å². The summed E-state index contributed by atoms with van der Waals surface area (Å²) in [5, 5.41) is 3.20. The second kappa shape index (κ2) is 14.6. The van der Waals surface area contributed by atoms with E-state index in [2.05, 4.69) is 128 Å². The summed E-state index contributed by atoms with van der Waals surface area (Å²) in [4.78, 5) is 4.37. The van der Waals surface area contributed by atoms with E-state index in [1.165, 1.54) is 33.6 Å². The minimum absolute atomic E-state index is 0.338. The van der Waals surface area contributed by atoms with E-state index in [0.717, 1.165) is 23.7 Å². The highest BCUT2D eigenvalue weighted by Gasteiger charge is 2.14. The van der Waals surface area contributed by atoms with E-state index >= 15 is 0 Å². The van der Waals surface area contributed by atoms with Crippen LogP contribution in [0.3, 0.4) is 0 Å². The lowest BCUT2D eigenvalue weighted by Gasteiger charge is -2.25. The third-order valence-electron chi connectivity index (χ3n) is 6.27. The fourth-order valence-corrected chi connectivity index (χ4v) is 4.45. The van der Waals surface area contributed by atoms with E-state index in [9.17, 15) is 0 Å². The maximum Gasteiger partial charge on any atom is 0.231 e. The molecule has 1 aliphatic heterocycles. The molecule has 0 radical (unpaired) electrons. The maximum atomic E-state index is 5.22. The minimum atomic E-state index is 0.338. The van der Waals surface area contributed by atoms with Gasteiger partial charge in [0.25, 0.3) is 0 Å². The van der Waals surface area contributed by atoms with Gasteiger partial charge in [0.2, 0.25) is 6.79 Å². The van der Waals surface area contributed by atoms with Gasteiger partial charge < -0.3 is 24.6 Å². The van der Waals surface area contributed by atoms with Crippen molar-refractivity contribution in [1.29, 1.82) is 0 Å². The van der Waals surface area contributed by atoms with E-state index in [-0.39, 0.29) is 0 Å². The Balaban J connectivity index is 0.000000203. The van der Waals surface area contributed by atoms with Crippen LogP contribution in [0, 0.1) is 13.8 Å². The number of anilines is 3. The van der Waals surface area contributed by atoms with Gasteiger partial charge in [-0.1, -0.05) is 52.0 Å². The number of ether oxygens (including phenoxy) is 2. The molecule has 0 saturated carbocycles. The first-order chi connectivity index (χ1) is 17.9. The first-order valence-electron chi connectivity index (χ1n) is 13.6. The molecule has 38 heavy (non-hydrogen) atoms. The van der Waals surface area contributed by atoms with E-state index in [1.54, 1.807) is 0 Å². The molecule has 0 amide bonds. The number of rotatable bonds is 6. The summed E-state index contributed by atoms with van der Waals surface area (Å²) in [5.41, 5.74) is 9.31. The molecule has 0 atom stereocenters. The van der Waals surface area contributed by atoms with Crippen LogP contribution in [-0.4, -0.2) is 41.5 Å². The Kier molecular flexibility index (Phi) is 11.8. The van der Waals surface area contributed by atoms with Crippen LogP contribution in [0.1, 0.15) is 68.7 Å². The summed E-state index contributed by atoms with van der Waals surface area (Å²) in [6.45, 7) is 16.6. The predicted molar refractivity (Wildman–Crippen MR) is 166 cm³/mol. The van der Waals surface area contributed by atoms with Gasteiger partial charge in [-0.05, 0) is 79.1 Å². The van der Waals surface area contributed by atoms with Crippen molar-refractivity contribution in [1.82, 2.24) is 0 Å². The van der Waals surface area contributed by atoms with Crippen molar-refractivity contribution in [3.05, 3.63) is 76.9 Å². The van der Waals surface area contributed by atoms with Gasteiger partial charge in [-0.25, -0.2) is 0 Å². The molecule has 3 aromatic carbocycles. The summed E-state index contributed by atoms with van der Waals surface area (Å²) in [6.07, 6.45) is 0. The van der Waals surface area contributed by atoms with Crippen LogP contribution in [0.25, 0.3) is 0 Å². The molecule has 0 bridgehead atoms. The fraction of sp³-hybridized carbons (Fsp3) is 0.455. The topological polar surface area (TPSA) is 37.0 Å². The van der Waals surface area contributed by atoms with Crippen LogP contribution in [0.4, 0.5) is 17.1 Å². The summed E-state index contributed by atoms with van der Waals surface area (Å²) < 4.78 is 10.4. The molecule has 1 aliphatic rings. The van der Waals surface area contributed by atoms with Crippen LogP contribution in [0.15, 0.2) is 54.6 Å². The molecule has 0 fully saturated rings. The molecular formula is C33H49N3O2. The third-order valence-corrected chi connectivity index (χ3v) is 6.27. The van der Waals surface area contributed by atoms with Gasteiger partial charge in [-0.15, -0.1) is 0 Å². The second-order valence-electron chi connectivity index (χ2n) is 10.8. The zero-order valence-corrected chi connectivity index (χ0v) is 25.5. The monoisotopic (exact) mass is 519 g/mol. The molecule has 208 valence electrons. The first kappa shape index (κ1) is 30.9. The van der Waals surface area contributed by atoms with Crippen molar-refractivity contribution >= 4 is 17.1 Å². The van der Waals surface area contributed by atoms with Gasteiger partial charge in [0.05, 0.1) is 0 Å². The molecule has 3 aromatic rings. The lowest BCUT2D eigenvalue weighted by molar-refractivity contribution is 0.174. The molecular weight excluding hydrogens is 470 g/mol. The molecule has 5 heteroatoms. The van der Waals surface area contributed by atoms with Crippen molar-refractivity contribution in [2.75, 3.05) is 56.6 Å². The molecule has 4 rings (SSSR count). The van der Waals surface area contributed by atoms with E-state index in [1.807, 2.05) is 18.2 Å². The van der Waals surface area contributed by atoms with Gasteiger partial charge in [-0.3, -0.25) is 0 Å². The predicted octanol–water partition coefficient (Wildman–Crippen LogP) is 8.22. The van der Waals surface area contributed by atoms with Crippen LogP contribution in [0.5, 0.6) is 11.5 Å². The highest BCUT2D eigenvalue weighted by atomic mass is 16.7. The number of aryl methyl sites for hydroxylation is 2. The van der Waals surface area contributed by atoms with Gasteiger partial charge in [0.15, 0.2) is 11.5 Å². The van der Waals surface area contributed by atoms with Gasteiger partial charge in [0, 0.05) is 57.9 Å². The Morgan fingerprint density at radius 1 is 0.737 bits per heavy atom. The largest absolute Gasteiger partial charge is 0.454 e. The van der Waals surface area contributed by atoms with Gasteiger partial charge in [0.1, 0.15) is 0 Å². The SMILES string of the molecule is CC(C)c1cccc(C(C)C)c1N(C)C.CCNc1ccc2c(c1)OCO2.Cc1cc(C)cc(N(C)C)c1. The number of para-hydroxylation sites is 1. The zero-order chi connectivity index (χ0) is 28.4. The standard InChI is InChI=1S/C14H23N.C10H15N.C9H11NO2/c1-10(2)12-8-7-9-13(11(3)4)14(12)15(5)6;1-8-5-9(2)7-10(6-8)11(3)4;1-2-10-7-3-4-8-9(5-7)12-6-11-8/h7-11H,1-6H3;5-7H,1-4H3;3-5,10H,2,6H2,1H3. The number of hydrogen-bond donors (Lipinski definition) is 1. The van der Waals surface area contributed by atoms with Crippen molar-refractivity contribution in [3.8, 4) is 11.5 Å². The number of nitrogens with one attached hydrogen (secondary N) is 1. The summed E-state index contributed by atoms with van der Waals surface area (Å²) in [5.74, 6) is 2.83. The highest BCUT2D eigenvalue weighted by molar-refractivity contribution is 5.61. The molecule has 0 spiro atoms. The van der Waals surface area contributed by atoms with Crippen molar-refractivity contribution in [2.24, 2.45) is 0 Å². The summed E-state index contributed by atoms with van der Waals surface area (Å²) >= 11 is 0. The maximum absolute atomic E-state index is 5.22. The molecule has 0 unspecified atom stereocenters. The van der Waals surface area contributed by atoms with E-state index < -0.39 is 0 Å². The first-order valence-corrected chi connectivity index (χ1v) is 13.6. The average molecular weight is 520 g/mol. The van der Waals surface area contributed by atoms with Crippen molar-refractivity contribution < 1.29 is 9.47 Å². The minimum Gasteiger partial charge on any atom is -0.454 e. The number of hydrogen-bond acceptors (Lipinski definition) is 5. The van der Waals surface area contributed by atoms with E-state index in [4.69, 9.17) is 9.47 Å². The average Bonchev–Trinajstić information content (AvgIpc) is 3.32. The van der Waals surface area contributed by atoms with Crippen molar-refractivity contribution in [2.45, 2.75) is 60.3 Å². The molecule has 5 nitrogen and oxygen atoms in total. The van der Waals surface area contributed by atoms with Crippen LogP contribution in [-0.2, 0) is 0 Å². The molecule has 1 N–H and O–H groups in total. The molecule has 1 heterocycles. The van der Waals surface area contributed by atoms with E-state index in [0.29, 0.717) is 18.6 Å². The van der Waals surface area contributed by atoms with Crippen LogP contribution in [0.2, 0.25) is 0 Å². The fourth-order valence-electron chi connectivity index (χ4n) is 4.45. The Hall–Kier alpha value is -3.34.